The zero-order chi connectivity index (χ0) is 12.8. The Morgan fingerprint density at radius 2 is 1.76 bits per heavy atom. The molecule has 0 aliphatic rings. The van der Waals surface area contributed by atoms with E-state index in [0.717, 1.165) is 12.2 Å². The summed E-state index contributed by atoms with van der Waals surface area (Å²) in [5, 5.41) is 4.80. The second-order valence-electron chi connectivity index (χ2n) is 2.79. The van der Waals surface area contributed by atoms with Gasteiger partial charge in [0.1, 0.15) is 11.0 Å². The highest BCUT2D eigenvalue weighted by atomic mass is 35.5. The predicted molar refractivity (Wildman–Crippen MR) is 64.7 cm³/mol. The van der Waals surface area contributed by atoms with Gasteiger partial charge in [-0.1, -0.05) is 24.8 Å². The normalized spacial score (nSPS) is 9.24. The van der Waals surface area contributed by atoms with Crippen molar-refractivity contribution in [1.29, 1.82) is 0 Å². The molecule has 0 aliphatic heterocycles. The van der Waals surface area contributed by atoms with Gasteiger partial charge in [0.15, 0.2) is 0 Å². The van der Waals surface area contributed by atoms with E-state index >= 15 is 0 Å². The predicted octanol–water partition coefficient (Wildman–Crippen LogP) is 1.38. The Balaban J connectivity index is 2.93. The van der Waals surface area contributed by atoms with Gasteiger partial charge in [-0.2, -0.15) is 4.98 Å². The summed E-state index contributed by atoms with van der Waals surface area (Å²) in [7, 11) is 0. The van der Waals surface area contributed by atoms with E-state index in [0.29, 0.717) is 0 Å². The van der Waals surface area contributed by atoms with E-state index in [1.165, 1.54) is 6.07 Å². The minimum atomic E-state index is -0.478. The molecule has 0 unspecified atom stereocenters. The monoisotopic (exact) mass is 252 g/mol. The fourth-order valence-electron chi connectivity index (χ4n) is 0.876. The van der Waals surface area contributed by atoms with Crippen LogP contribution in [0.25, 0.3) is 0 Å². The van der Waals surface area contributed by atoms with E-state index in [4.69, 9.17) is 11.6 Å². The van der Waals surface area contributed by atoms with Crippen molar-refractivity contribution in [3.8, 4) is 0 Å². The van der Waals surface area contributed by atoms with Gasteiger partial charge in [-0.3, -0.25) is 14.9 Å². The molecule has 1 aromatic rings. The third-order valence-corrected chi connectivity index (χ3v) is 1.75. The largest absolute Gasteiger partial charge is 0.307 e. The molecule has 0 fully saturated rings. The van der Waals surface area contributed by atoms with Crippen molar-refractivity contribution in [1.82, 2.24) is 9.97 Å². The molecule has 17 heavy (non-hydrogen) atoms. The summed E-state index contributed by atoms with van der Waals surface area (Å²) in [5.41, 5.74) is 0. The van der Waals surface area contributed by atoms with Gasteiger partial charge in [-0.05, 0) is 12.2 Å². The van der Waals surface area contributed by atoms with E-state index < -0.39 is 11.8 Å². The molecular formula is C10H9ClN4O2. The van der Waals surface area contributed by atoms with Crippen molar-refractivity contribution in [3.63, 3.8) is 0 Å². The number of amides is 2. The third kappa shape index (κ3) is 4.04. The van der Waals surface area contributed by atoms with Gasteiger partial charge in [-0.15, -0.1) is 0 Å². The molecule has 2 amide bonds. The lowest BCUT2D eigenvalue weighted by atomic mass is 10.5. The summed E-state index contributed by atoms with van der Waals surface area (Å²) < 4.78 is 0. The molecule has 0 saturated carbocycles. The standard InChI is InChI=1S/C10H9ClN4O2/c1-3-8(16)13-7-5-6(11)12-10(14-7)15-9(17)4-2/h3-5H,1-2H2,(H2,12,13,14,15,16,17). The topological polar surface area (TPSA) is 84.0 Å². The van der Waals surface area contributed by atoms with Crippen LogP contribution in [0, 0.1) is 0 Å². The Morgan fingerprint density at radius 3 is 2.35 bits per heavy atom. The molecule has 0 radical (unpaired) electrons. The lowest BCUT2D eigenvalue weighted by molar-refractivity contribution is -0.112. The van der Waals surface area contributed by atoms with Gasteiger partial charge in [0.2, 0.25) is 17.8 Å². The average molecular weight is 253 g/mol. The SMILES string of the molecule is C=CC(=O)Nc1cc(Cl)nc(NC(=O)C=C)n1. The van der Waals surface area contributed by atoms with Gasteiger partial charge in [0.25, 0.3) is 0 Å². The fraction of sp³-hybridized carbons (Fsp3) is 0. The molecular weight excluding hydrogens is 244 g/mol. The summed E-state index contributed by atoms with van der Waals surface area (Å²) >= 11 is 5.70. The molecule has 1 aromatic heterocycles. The smallest absolute Gasteiger partial charge is 0.250 e. The van der Waals surface area contributed by atoms with Crippen LogP contribution in [0.15, 0.2) is 31.4 Å². The number of anilines is 2. The minimum Gasteiger partial charge on any atom is -0.307 e. The molecule has 0 bridgehead atoms. The van der Waals surface area contributed by atoms with Crippen molar-refractivity contribution in [2.45, 2.75) is 0 Å². The quantitative estimate of drug-likeness (QED) is 0.626. The highest BCUT2D eigenvalue weighted by Crippen LogP contribution is 2.14. The van der Waals surface area contributed by atoms with Gasteiger partial charge in [0.05, 0.1) is 0 Å². The third-order valence-electron chi connectivity index (χ3n) is 1.55. The second kappa shape index (κ2) is 5.76. The van der Waals surface area contributed by atoms with Crippen LogP contribution in [-0.4, -0.2) is 21.8 Å². The van der Waals surface area contributed by atoms with E-state index in [9.17, 15) is 9.59 Å². The molecule has 0 saturated heterocycles. The van der Waals surface area contributed by atoms with Crippen molar-refractivity contribution < 1.29 is 9.59 Å². The van der Waals surface area contributed by atoms with E-state index in [2.05, 4.69) is 33.8 Å². The zero-order valence-corrected chi connectivity index (χ0v) is 9.49. The molecule has 0 spiro atoms. The van der Waals surface area contributed by atoms with E-state index in [-0.39, 0.29) is 16.9 Å². The lowest BCUT2D eigenvalue weighted by Gasteiger charge is -2.05. The Kier molecular flexibility index (Phi) is 4.36. The average Bonchev–Trinajstić information content (AvgIpc) is 2.27. The summed E-state index contributed by atoms with van der Waals surface area (Å²) in [6.07, 6.45) is 2.14. The highest BCUT2D eigenvalue weighted by molar-refractivity contribution is 6.29. The number of nitrogens with zero attached hydrogens (tertiary/aromatic N) is 2. The van der Waals surface area contributed by atoms with Crippen LogP contribution in [-0.2, 0) is 9.59 Å². The molecule has 0 aliphatic carbocycles. The van der Waals surface area contributed by atoms with Crippen molar-refractivity contribution in [2.24, 2.45) is 0 Å². The number of hydrogen-bond acceptors (Lipinski definition) is 4. The van der Waals surface area contributed by atoms with Crippen molar-refractivity contribution in [2.75, 3.05) is 10.6 Å². The molecule has 0 aromatic carbocycles. The van der Waals surface area contributed by atoms with Crippen molar-refractivity contribution >= 4 is 35.2 Å². The van der Waals surface area contributed by atoms with Gasteiger partial charge in [0, 0.05) is 6.07 Å². The Labute approximate surface area is 102 Å². The maximum Gasteiger partial charge on any atom is 0.250 e. The van der Waals surface area contributed by atoms with E-state index in [1.807, 2.05) is 0 Å². The Hall–Kier alpha value is -2.21. The number of aromatic nitrogens is 2. The molecule has 2 N–H and O–H groups in total. The number of halogens is 1. The van der Waals surface area contributed by atoms with Gasteiger partial charge in [-0.25, -0.2) is 4.98 Å². The molecule has 6 nitrogen and oxygen atoms in total. The maximum absolute atomic E-state index is 11.0. The first-order valence-corrected chi connectivity index (χ1v) is 4.84. The first kappa shape index (κ1) is 12.9. The van der Waals surface area contributed by atoms with Crippen molar-refractivity contribution in [3.05, 3.63) is 36.5 Å². The Morgan fingerprint density at radius 1 is 1.18 bits per heavy atom. The number of carbonyl (C=O) groups excluding carboxylic acids is 2. The number of hydrogen-bond donors (Lipinski definition) is 2. The minimum absolute atomic E-state index is 0.0261. The van der Waals surface area contributed by atoms with Crippen LogP contribution in [0.4, 0.5) is 11.8 Å². The summed E-state index contributed by atoms with van der Waals surface area (Å²) in [6.45, 7) is 6.57. The lowest BCUT2D eigenvalue weighted by Crippen LogP contribution is -2.14. The Bertz CT molecular complexity index is 447. The summed E-state index contributed by atoms with van der Waals surface area (Å²) in [5.74, 6) is -0.787. The van der Waals surface area contributed by atoms with Crippen LogP contribution >= 0.6 is 11.6 Å². The summed E-state index contributed by atoms with van der Waals surface area (Å²) in [4.78, 5) is 29.7. The number of carbonyl (C=O) groups is 2. The molecule has 1 rings (SSSR count). The first-order valence-electron chi connectivity index (χ1n) is 4.46. The molecule has 0 atom stereocenters. The number of rotatable bonds is 4. The van der Waals surface area contributed by atoms with Crippen LogP contribution in [0.5, 0.6) is 0 Å². The van der Waals surface area contributed by atoms with Gasteiger partial charge >= 0.3 is 0 Å². The van der Waals surface area contributed by atoms with Crippen LogP contribution in [0.2, 0.25) is 5.15 Å². The maximum atomic E-state index is 11.0. The highest BCUT2D eigenvalue weighted by Gasteiger charge is 2.06. The number of nitrogens with one attached hydrogen (secondary N) is 2. The van der Waals surface area contributed by atoms with Crippen LogP contribution < -0.4 is 10.6 Å². The zero-order valence-electron chi connectivity index (χ0n) is 8.74. The van der Waals surface area contributed by atoms with Crippen LogP contribution in [0.3, 0.4) is 0 Å². The second-order valence-corrected chi connectivity index (χ2v) is 3.17. The van der Waals surface area contributed by atoms with Gasteiger partial charge < -0.3 is 5.32 Å². The van der Waals surface area contributed by atoms with E-state index in [1.54, 1.807) is 0 Å². The molecule has 88 valence electrons. The summed E-state index contributed by atoms with van der Waals surface area (Å²) in [6, 6.07) is 1.34. The van der Waals surface area contributed by atoms with Crippen LogP contribution in [0.1, 0.15) is 0 Å². The fourth-order valence-corrected chi connectivity index (χ4v) is 1.06. The molecule has 7 heteroatoms. The first-order chi connectivity index (χ1) is 8.05. The molecule has 1 heterocycles.